The normalized spacial score (nSPS) is 29.7. The smallest absolute Gasteiger partial charge is 0.258 e. The van der Waals surface area contributed by atoms with Crippen molar-refractivity contribution in [3.8, 4) is 0 Å². The third kappa shape index (κ3) is 2.17. The van der Waals surface area contributed by atoms with Gasteiger partial charge in [0.2, 0.25) is 11.8 Å². The number of rotatable bonds is 4. The number of fused-ring (bicyclic) bond motifs is 5. The quantitative estimate of drug-likeness (QED) is 0.684. The molecule has 126 valence electrons. The molecule has 6 nitrogen and oxygen atoms in total. The van der Waals surface area contributed by atoms with Gasteiger partial charge < -0.3 is 0 Å². The summed E-state index contributed by atoms with van der Waals surface area (Å²) in [4.78, 5) is 31.1. The Morgan fingerprint density at radius 2 is 1.68 bits per heavy atom. The van der Waals surface area contributed by atoms with E-state index >= 15 is 0 Å². The molecule has 25 heavy (non-hydrogen) atoms. The van der Waals surface area contributed by atoms with Crippen molar-refractivity contribution in [2.75, 3.05) is 4.90 Å². The van der Waals surface area contributed by atoms with Gasteiger partial charge in [0.25, 0.3) is 5.95 Å². The zero-order valence-corrected chi connectivity index (χ0v) is 13.6. The Kier molecular flexibility index (Phi) is 3.13. The number of allylic oxidation sites excluding steroid dienone is 2. The van der Waals surface area contributed by atoms with Gasteiger partial charge in [-0.15, -0.1) is 5.10 Å². The van der Waals surface area contributed by atoms with Crippen molar-refractivity contribution in [2.24, 2.45) is 23.7 Å². The number of H-pyrrole nitrogens is 1. The van der Waals surface area contributed by atoms with E-state index in [1.165, 1.54) is 10.5 Å². The van der Waals surface area contributed by atoms with Gasteiger partial charge in [-0.05, 0) is 30.2 Å². The van der Waals surface area contributed by atoms with Gasteiger partial charge in [0.15, 0.2) is 0 Å². The second-order valence-corrected chi connectivity index (χ2v) is 7.08. The minimum absolute atomic E-state index is 0.138. The highest BCUT2D eigenvalue weighted by atomic mass is 16.2. The maximum Gasteiger partial charge on any atom is 0.258 e. The summed E-state index contributed by atoms with van der Waals surface area (Å²) >= 11 is 0. The summed E-state index contributed by atoms with van der Waals surface area (Å²) in [7, 11) is 0. The Morgan fingerprint density at radius 3 is 2.36 bits per heavy atom. The lowest BCUT2D eigenvalue weighted by atomic mass is 9.85. The van der Waals surface area contributed by atoms with Gasteiger partial charge in [-0.1, -0.05) is 42.5 Å². The molecular weight excluding hydrogens is 316 g/mol. The number of imide groups is 1. The van der Waals surface area contributed by atoms with Crippen LogP contribution in [0.15, 0.2) is 42.5 Å². The molecule has 1 saturated carbocycles. The lowest BCUT2D eigenvalue weighted by Gasteiger charge is -2.14. The second-order valence-electron chi connectivity index (χ2n) is 7.08. The molecular formula is C19H18N4O2. The number of hydrogen-bond acceptors (Lipinski definition) is 4. The van der Waals surface area contributed by atoms with Crippen molar-refractivity contribution >= 4 is 17.8 Å². The van der Waals surface area contributed by atoms with Gasteiger partial charge in [0.1, 0.15) is 5.82 Å². The van der Waals surface area contributed by atoms with Gasteiger partial charge in [-0.25, -0.2) is 4.90 Å². The van der Waals surface area contributed by atoms with Crippen molar-refractivity contribution in [2.45, 2.75) is 19.3 Å². The minimum Gasteiger partial charge on any atom is -0.274 e. The number of hydrogen-bond donors (Lipinski definition) is 1. The van der Waals surface area contributed by atoms with Crippen LogP contribution < -0.4 is 4.90 Å². The molecule has 2 aromatic rings. The van der Waals surface area contributed by atoms with E-state index in [0.717, 1.165) is 12.8 Å². The SMILES string of the molecule is O=C1[C@@H]2[C@H](C(=O)N1c1n[nH]c(CCc3ccccc3)n1)[C@H]1C=C[C@H]2C1. The van der Waals surface area contributed by atoms with Crippen LogP contribution in [0.2, 0.25) is 0 Å². The molecule has 1 aromatic heterocycles. The number of aromatic nitrogens is 3. The zero-order chi connectivity index (χ0) is 17.0. The molecule has 2 aliphatic carbocycles. The van der Waals surface area contributed by atoms with E-state index in [-0.39, 0.29) is 41.4 Å². The molecule has 1 N–H and O–H groups in total. The number of aryl methyl sites for hydroxylation is 2. The van der Waals surface area contributed by atoms with Gasteiger partial charge in [0.05, 0.1) is 11.8 Å². The summed E-state index contributed by atoms with van der Waals surface area (Å²) in [6.07, 6.45) is 6.62. The summed E-state index contributed by atoms with van der Waals surface area (Å²) in [5.74, 6) is 0.591. The van der Waals surface area contributed by atoms with Crippen LogP contribution in [0.3, 0.4) is 0 Å². The number of carbonyl (C=O) groups is 2. The Labute approximate surface area is 144 Å². The molecule has 5 rings (SSSR count). The number of amides is 2. The number of benzene rings is 1. The molecule has 0 spiro atoms. The largest absolute Gasteiger partial charge is 0.274 e. The highest BCUT2D eigenvalue weighted by Gasteiger charge is 2.60. The van der Waals surface area contributed by atoms with Crippen LogP contribution in [-0.4, -0.2) is 27.0 Å². The van der Waals surface area contributed by atoms with E-state index in [2.05, 4.69) is 39.5 Å². The number of carbonyl (C=O) groups excluding carboxylic acids is 2. The van der Waals surface area contributed by atoms with Crippen LogP contribution in [-0.2, 0) is 22.4 Å². The molecule has 4 atom stereocenters. The first-order valence-electron chi connectivity index (χ1n) is 8.74. The first-order chi connectivity index (χ1) is 12.2. The standard InChI is InChI=1S/C19H18N4O2/c24-17-15-12-7-8-13(10-12)16(15)18(25)23(17)19-20-14(21-22-19)9-6-11-4-2-1-3-5-11/h1-5,7-8,12-13,15-16H,6,9-10H2,(H,20,21,22)/t12-,13-,15-,16+/m0/s1. The fourth-order valence-corrected chi connectivity index (χ4v) is 4.50. The Balaban J connectivity index is 1.34. The van der Waals surface area contributed by atoms with Gasteiger partial charge in [-0.2, -0.15) is 4.98 Å². The average molecular weight is 334 g/mol. The van der Waals surface area contributed by atoms with Crippen molar-refractivity contribution in [3.05, 3.63) is 53.9 Å². The Bertz CT molecular complexity index is 843. The summed E-state index contributed by atoms with van der Waals surface area (Å²) in [6.45, 7) is 0. The van der Waals surface area contributed by atoms with Crippen LogP contribution in [0.1, 0.15) is 17.8 Å². The van der Waals surface area contributed by atoms with E-state index in [4.69, 9.17) is 0 Å². The molecule has 2 amide bonds. The lowest BCUT2D eigenvalue weighted by Crippen LogP contribution is -2.33. The summed E-state index contributed by atoms with van der Waals surface area (Å²) in [5.41, 5.74) is 1.21. The van der Waals surface area contributed by atoms with Crippen LogP contribution in [0.25, 0.3) is 0 Å². The van der Waals surface area contributed by atoms with E-state index in [9.17, 15) is 9.59 Å². The first kappa shape index (κ1) is 14.6. The van der Waals surface area contributed by atoms with Crippen LogP contribution in [0, 0.1) is 23.7 Å². The lowest BCUT2D eigenvalue weighted by molar-refractivity contribution is -0.123. The molecule has 2 fully saturated rings. The average Bonchev–Trinajstić information content (AvgIpc) is 3.39. The van der Waals surface area contributed by atoms with Crippen molar-refractivity contribution < 1.29 is 9.59 Å². The first-order valence-corrected chi connectivity index (χ1v) is 8.74. The Morgan fingerprint density at radius 1 is 1.00 bits per heavy atom. The molecule has 0 unspecified atom stereocenters. The monoisotopic (exact) mass is 334 g/mol. The molecule has 6 heteroatoms. The topological polar surface area (TPSA) is 79.0 Å². The number of nitrogens with zero attached hydrogens (tertiary/aromatic N) is 3. The summed E-state index contributed by atoms with van der Waals surface area (Å²) in [5, 5.41) is 7.01. The fraction of sp³-hybridized carbons (Fsp3) is 0.368. The highest BCUT2D eigenvalue weighted by Crippen LogP contribution is 2.52. The number of anilines is 1. The van der Waals surface area contributed by atoms with Crippen LogP contribution >= 0.6 is 0 Å². The maximum absolute atomic E-state index is 12.8. The van der Waals surface area contributed by atoms with Crippen molar-refractivity contribution in [1.29, 1.82) is 0 Å². The maximum atomic E-state index is 12.8. The molecule has 1 aliphatic heterocycles. The third-order valence-electron chi connectivity index (χ3n) is 5.68. The van der Waals surface area contributed by atoms with E-state index in [1.54, 1.807) is 0 Å². The van der Waals surface area contributed by atoms with E-state index in [0.29, 0.717) is 12.2 Å². The van der Waals surface area contributed by atoms with Crippen molar-refractivity contribution in [1.82, 2.24) is 15.2 Å². The molecule has 1 saturated heterocycles. The number of aromatic amines is 1. The van der Waals surface area contributed by atoms with Gasteiger partial charge >= 0.3 is 0 Å². The van der Waals surface area contributed by atoms with Gasteiger partial charge in [-0.3, -0.25) is 14.7 Å². The summed E-state index contributed by atoms with van der Waals surface area (Å²) in [6, 6.07) is 10.1. The molecule has 1 aromatic carbocycles. The van der Waals surface area contributed by atoms with E-state index in [1.807, 2.05) is 18.2 Å². The van der Waals surface area contributed by atoms with Crippen molar-refractivity contribution in [3.63, 3.8) is 0 Å². The number of nitrogens with one attached hydrogen (secondary N) is 1. The minimum atomic E-state index is -0.214. The Hall–Kier alpha value is -2.76. The predicted molar refractivity (Wildman–Crippen MR) is 90.4 cm³/mol. The highest BCUT2D eigenvalue weighted by molar-refractivity contribution is 6.21. The summed E-state index contributed by atoms with van der Waals surface area (Å²) < 4.78 is 0. The van der Waals surface area contributed by atoms with Gasteiger partial charge in [0, 0.05) is 6.42 Å². The second kappa shape index (κ2) is 5.37. The molecule has 2 heterocycles. The molecule has 3 aliphatic rings. The van der Waals surface area contributed by atoms with Crippen LogP contribution in [0.4, 0.5) is 5.95 Å². The van der Waals surface area contributed by atoms with E-state index < -0.39 is 0 Å². The third-order valence-corrected chi connectivity index (χ3v) is 5.68. The fourth-order valence-electron chi connectivity index (χ4n) is 4.50. The predicted octanol–water partition coefficient (Wildman–Crippen LogP) is 1.90. The zero-order valence-electron chi connectivity index (χ0n) is 13.6. The van der Waals surface area contributed by atoms with Crippen LogP contribution in [0.5, 0.6) is 0 Å². The molecule has 0 radical (unpaired) electrons. The molecule has 2 bridgehead atoms.